The van der Waals surface area contributed by atoms with Gasteiger partial charge in [0.2, 0.25) is 6.79 Å². The maximum Gasteiger partial charge on any atom is 0.310 e. The van der Waals surface area contributed by atoms with Crippen molar-refractivity contribution >= 4 is 17.3 Å². The van der Waals surface area contributed by atoms with Crippen LogP contribution in [0.5, 0.6) is 11.5 Å². The summed E-state index contributed by atoms with van der Waals surface area (Å²) in [6.45, 7) is 0.922. The smallest absolute Gasteiger partial charge is 0.310 e. The summed E-state index contributed by atoms with van der Waals surface area (Å²) in [4.78, 5) is 14.3. The first-order chi connectivity index (χ1) is 19.2. The van der Waals surface area contributed by atoms with Crippen molar-refractivity contribution in [3.05, 3.63) is 81.5 Å². The fourth-order valence-electron chi connectivity index (χ4n) is 6.70. The summed E-state index contributed by atoms with van der Waals surface area (Å²) in [6.07, 6.45) is 0.0277. The molecule has 8 nitrogen and oxygen atoms in total. The second kappa shape index (κ2) is 9.60. The first-order valence-corrected chi connectivity index (χ1v) is 14.4. The molecule has 0 spiro atoms. The maximum atomic E-state index is 13.2. The molecular weight excluding hydrogens is 520 g/mol. The number of fused-ring (bicyclic) bond motifs is 4. The molecule has 8 unspecified atom stereocenters. The summed E-state index contributed by atoms with van der Waals surface area (Å²) >= 11 is 1.63. The average Bonchev–Trinajstić information content (AvgIpc) is 3.74. The lowest BCUT2D eigenvalue weighted by Crippen LogP contribution is -2.49. The second-order valence-corrected chi connectivity index (χ2v) is 11.6. The van der Waals surface area contributed by atoms with E-state index >= 15 is 0 Å². The number of carbonyl (C=O) groups is 1. The first kappa shape index (κ1) is 23.9. The van der Waals surface area contributed by atoms with Crippen LogP contribution in [0.1, 0.15) is 52.7 Å². The third-order valence-corrected chi connectivity index (χ3v) is 9.38. The molecular formula is C30H28O8S. The number of ether oxygens (including phenoxy) is 7. The maximum absolute atomic E-state index is 13.2. The normalized spacial score (nSPS) is 34.6. The summed E-state index contributed by atoms with van der Waals surface area (Å²) in [5.41, 5.74) is 3.07. The Morgan fingerprint density at radius 2 is 1.69 bits per heavy atom. The summed E-state index contributed by atoms with van der Waals surface area (Å²) in [7, 11) is 0. The lowest BCUT2D eigenvalue weighted by molar-refractivity contribution is -0.324. The monoisotopic (exact) mass is 548 g/mol. The highest BCUT2D eigenvalue weighted by Gasteiger charge is 2.54. The van der Waals surface area contributed by atoms with Crippen molar-refractivity contribution in [3.8, 4) is 11.5 Å². The summed E-state index contributed by atoms with van der Waals surface area (Å²) in [5.74, 6) is 0.502. The predicted octanol–water partition coefficient (Wildman–Crippen LogP) is 5.09. The summed E-state index contributed by atoms with van der Waals surface area (Å²) in [6, 6.07) is 18.2. The Morgan fingerprint density at radius 1 is 0.846 bits per heavy atom. The van der Waals surface area contributed by atoms with Crippen LogP contribution in [-0.2, 0) is 28.5 Å². The molecule has 8 rings (SSSR count). The molecule has 0 radical (unpaired) electrons. The molecule has 1 aromatic heterocycles. The molecule has 8 atom stereocenters. The van der Waals surface area contributed by atoms with E-state index in [2.05, 4.69) is 12.1 Å². The second-order valence-electron chi connectivity index (χ2n) is 10.6. The van der Waals surface area contributed by atoms with Crippen LogP contribution in [0.4, 0.5) is 0 Å². The van der Waals surface area contributed by atoms with E-state index in [9.17, 15) is 4.79 Å². The SMILES string of the molecule is O=C1OCC2C(OC3CCC4OC(c5cccs5)OCC4O3)c3cc4c(cc3C(c3ccccc3)C12)OCO4. The van der Waals surface area contributed by atoms with Crippen molar-refractivity contribution in [2.24, 2.45) is 11.8 Å². The molecule has 9 heteroatoms. The third-order valence-electron chi connectivity index (χ3n) is 8.49. The van der Waals surface area contributed by atoms with Gasteiger partial charge in [-0.25, -0.2) is 0 Å². The van der Waals surface area contributed by atoms with Gasteiger partial charge in [0.25, 0.3) is 0 Å². The van der Waals surface area contributed by atoms with Crippen molar-refractivity contribution in [2.75, 3.05) is 20.0 Å². The molecule has 202 valence electrons. The highest BCUT2D eigenvalue weighted by atomic mass is 32.1. The Kier molecular flexibility index (Phi) is 5.88. The van der Waals surface area contributed by atoms with Gasteiger partial charge in [0, 0.05) is 18.3 Å². The molecule has 4 aliphatic heterocycles. The molecule has 39 heavy (non-hydrogen) atoms. The Balaban J connectivity index is 1.09. The first-order valence-electron chi connectivity index (χ1n) is 13.5. The molecule has 3 fully saturated rings. The highest BCUT2D eigenvalue weighted by molar-refractivity contribution is 7.10. The van der Waals surface area contributed by atoms with Crippen molar-refractivity contribution in [1.82, 2.24) is 0 Å². The number of cyclic esters (lactones) is 1. The minimum atomic E-state index is -0.454. The molecule has 0 bridgehead atoms. The van der Waals surface area contributed by atoms with Crippen molar-refractivity contribution in [3.63, 3.8) is 0 Å². The van der Waals surface area contributed by atoms with E-state index in [1.165, 1.54) is 0 Å². The van der Waals surface area contributed by atoms with E-state index in [1.54, 1.807) is 11.3 Å². The van der Waals surface area contributed by atoms with Crippen LogP contribution < -0.4 is 9.47 Å². The van der Waals surface area contributed by atoms with Gasteiger partial charge in [0.05, 0.1) is 36.2 Å². The molecule has 3 saturated heterocycles. The number of hydrogen-bond donors (Lipinski definition) is 0. The van der Waals surface area contributed by atoms with Crippen molar-refractivity contribution < 1.29 is 38.0 Å². The molecule has 3 aromatic rings. The number of carbonyl (C=O) groups excluding carboxylic acids is 1. The van der Waals surface area contributed by atoms with Crippen LogP contribution in [0, 0.1) is 11.8 Å². The molecule has 0 N–H and O–H groups in total. The van der Waals surface area contributed by atoms with E-state index < -0.39 is 12.4 Å². The Bertz CT molecular complexity index is 1360. The van der Waals surface area contributed by atoms with E-state index in [0.29, 0.717) is 31.1 Å². The third kappa shape index (κ3) is 4.06. The van der Waals surface area contributed by atoms with Crippen LogP contribution in [0.2, 0.25) is 0 Å². The van der Waals surface area contributed by atoms with Crippen molar-refractivity contribution in [1.29, 1.82) is 0 Å². The molecule has 2 aromatic carbocycles. The van der Waals surface area contributed by atoms with E-state index in [4.69, 9.17) is 33.2 Å². The minimum absolute atomic E-state index is 0.0511. The minimum Gasteiger partial charge on any atom is -0.465 e. The van der Waals surface area contributed by atoms with Gasteiger partial charge in [0.15, 0.2) is 24.1 Å². The Morgan fingerprint density at radius 3 is 2.51 bits per heavy atom. The summed E-state index contributed by atoms with van der Waals surface area (Å²) < 4.78 is 42.5. The quantitative estimate of drug-likeness (QED) is 0.417. The number of thiophene rings is 1. The van der Waals surface area contributed by atoms with E-state index in [1.807, 2.05) is 47.8 Å². The zero-order chi connectivity index (χ0) is 25.9. The number of esters is 1. The van der Waals surface area contributed by atoms with Gasteiger partial charge < -0.3 is 33.2 Å². The lowest BCUT2D eigenvalue weighted by atomic mass is 9.66. The fourth-order valence-corrected chi connectivity index (χ4v) is 7.41. The van der Waals surface area contributed by atoms with E-state index in [0.717, 1.165) is 28.0 Å². The number of rotatable bonds is 4. The lowest BCUT2D eigenvalue weighted by Gasteiger charge is -2.44. The van der Waals surface area contributed by atoms with Gasteiger partial charge in [-0.05, 0) is 46.7 Å². The van der Waals surface area contributed by atoms with E-state index in [-0.39, 0.29) is 49.0 Å². The van der Waals surface area contributed by atoms with Gasteiger partial charge >= 0.3 is 5.97 Å². The highest BCUT2D eigenvalue weighted by Crippen LogP contribution is 2.55. The van der Waals surface area contributed by atoms with Gasteiger partial charge in [-0.15, -0.1) is 11.3 Å². The molecule has 0 amide bonds. The van der Waals surface area contributed by atoms with Crippen molar-refractivity contribution in [2.45, 2.75) is 49.7 Å². The topological polar surface area (TPSA) is 81.7 Å². The molecule has 5 aliphatic rings. The Labute approximate surface area is 229 Å². The van der Waals surface area contributed by atoms with Crippen LogP contribution in [-0.4, -0.2) is 44.5 Å². The van der Waals surface area contributed by atoms with Gasteiger partial charge in [0.1, 0.15) is 6.10 Å². The number of benzene rings is 2. The zero-order valence-electron chi connectivity index (χ0n) is 21.1. The van der Waals surface area contributed by atoms with Gasteiger partial charge in [-0.2, -0.15) is 0 Å². The number of hydrogen-bond acceptors (Lipinski definition) is 9. The van der Waals surface area contributed by atoms with Crippen LogP contribution >= 0.6 is 11.3 Å². The van der Waals surface area contributed by atoms with Gasteiger partial charge in [-0.1, -0.05) is 36.4 Å². The molecule has 5 heterocycles. The average molecular weight is 549 g/mol. The molecule has 0 saturated carbocycles. The largest absolute Gasteiger partial charge is 0.465 e. The predicted molar refractivity (Wildman–Crippen MR) is 138 cm³/mol. The van der Waals surface area contributed by atoms with Gasteiger partial charge in [-0.3, -0.25) is 4.79 Å². The van der Waals surface area contributed by atoms with Crippen LogP contribution in [0.15, 0.2) is 60.0 Å². The molecule has 1 aliphatic carbocycles. The van der Waals surface area contributed by atoms with Crippen LogP contribution in [0.25, 0.3) is 0 Å². The Hall–Kier alpha value is -2.95. The fraction of sp³-hybridized carbons (Fsp3) is 0.433. The van der Waals surface area contributed by atoms with Crippen LogP contribution in [0.3, 0.4) is 0 Å². The standard InChI is InChI=1S/C30H28O8S/c31-29-27-19(13-32-29)28(38-25-9-8-20-23(36-25)14-33-30(37-20)24-7-4-10-39-24)18-12-22-21(34-15-35-22)11-17(18)26(27)16-5-2-1-3-6-16/h1-7,10-12,19-20,23,25-28,30H,8-9,13-15H2. The zero-order valence-corrected chi connectivity index (χ0v) is 21.9. The summed E-state index contributed by atoms with van der Waals surface area (Å²) in [5, 5.41) is 2.02.